The van der Waals surface area contributed by atoms with E-state index < -0.39 is 0 Å². The molecule has 0 aromatic carbocycles. The summed E-state index contributed by atoms with van der Waals surface area (Å²) in [6, 6.07) is 5.89. The molecule has 1 aliphatic rings. The van der Waals surface area contributed by atoms with Crippen LogP contribution in [0.5, 0.6) is 0 Å². The Morgan fingerprint density at radius 1 is 1.44 bits per heavy atom. The van der Waals surface area contributed by atoms with Gasteiger partial charge in [-0.3, -0.25) is 4.98 Å². The van der Waals surface area contributed by atoms with Gasteiger partial charge in [0.25, 0.3) is 0 Å². The normalized spacial score (nSPS) is 16.7. The Hall–Kier alpha value is -1.54. The highest BCUT2D eigenvalue weighted by Crippen LogP contribution is 2.16. The number of nitriles is 1. The first-order chi connectivity index (χ1) is 7.79. The fourth-order valence-corrected chi connectivity index (χ4v) is 1.74. The van der Waals surface area contributed by atoms with Gasteiger partial charge in [-0.15, -0.1) is 0 Å². The van der Waals surface area contributed by atoms with E-state index in [2.05, 4.69) is 10.3 Å². The van der Waals surface area contributed by atoms with Crippen molar-refractivity contribution in [3.05, 3.63) is 17.8 Å². The number of nitrogens with zero attached hydrogens (tertiary/aromatic N) is 2. The molecule has 16 heavy (non-hydrogen) atoms. The Morgan fingerprint density at radius 2 is 2.19 bits per heavy atom. The van der Waals surface area contributed by atoms with E-state index in [1.807, 2.05) is 6.07 Å². The smallest absolute Gasteiger partial charge is 0.162 e. The molecule has 1 aromatic heterocycles. The van der Waals surface area contributed by atoms with Crippen LogP contribution in [-0.4, -0.2) is 32.1 Å². The van der Waals surface area contributed by atoms with Crippen molar-refractivity contribution in [2.24, 2.45) is 0 Å². The molecule has 0 aliphatic carbocycles. The third kappa shape index (κ3) is 2.53. The Bertz CT molecular complexity index is 410. The summed E-state index contributed by atoms with van der Waals surface area (Å²) in [5, 5.41) is 12.2. The molecule has 0 spiro atoms. The topological polar surface area (TPSA) is 57.9 Å². The van der Waals surface area contributed by atoms with E-state index in [-0.39, 0.29) is 0 Å². The van der Waals surface area contributed by atoms with E-state index in [0.29, 0.717) is 17.3 Å². The molecule has 0 amide bonds. The fourth-order valence-electron chi connectivity index (χ4n) is 1.74. The van der Waals surface area contributed by atoms with Crippen molar-refractivity contribution in [1.29, 1.82) is 5.26 Å². The zero-order chi connectivity index (χ0) is 11.4. The standard InChI is InChI=1S/C11H12BN3O/c12-11-2-1-9(10(7-13)15-11)14-8-3-5-16-6-4-8/h1-2,8,14H,3-6H2. The summed E-state index contributed by atoms with van der Waals surface area (Å²) in [7, 11) is 5.53. The predicted octanol–water partition coefficient (Wildman–Crippen LogP) is 0.338. The number of hydrogen-bond acceptors (Lipinski definition) is 4. The van der Waals surface area contributed by atoms with Crippen molar-refractivity contribution in [1.82, 2.24) is 4.98 Å². The lowest BCUT2D eigenvalue weighted by Crippen LogP contribution is -2.28. The molecule has 0 saturated carbocycles. The third-order valence-corrected chi connectivity index (χ3v) is 2.60. The van der Waals surface area contributed by atoms with Gasteiger partial charge < -0.3 is 10.1 Å². The molecule has 0 unspecified atom stereocenters. The number of nitrogens with one attached hydrogen (secondary N) is 1. The van der Waals surface area contributed by atoms with Gasteiger partial charge in [0.05, 0.1) is 5.69 Å². The van der Waals surface area contributed by atoms with Crippen LogP contribution in [0.3, 0.4) is 0 Å². The van der Waals surface area contributed by atoms with Gasteiger partial charge in [-0.25, -0.2) is 0 Å². The van der Waals surface area contributed by atoms with Gasteiger partial charge in [-0.2, -0.15) is 5.26 Å². The van der Waals surface area contributed by atoms with Crippen molar-refractivity contribution in [2.45, 2.75) is 18.9 Å². The van der Waals surface area contributed by atoms with Gasteiger partial charge in [0.1, 0.15) is 13.9 Å². The first kappa shape index (κ1) is 11.0. The third-order valence-electron chi connectivity index (χ3n) is 2.60. The average molecular weight is 213 g/mol. The van der Waals surface area contributed by atoms with Crippen LogP contribution in [0.2, 0.25) is 0 Å². The minimum Gasteiger partial charge on any atom is -0.381 e. The molecule has 2 heterocycles. The van der Waals surface area contributed by atoms with E-state index in [4.69, 9.17) is 17.8 Å². The molecular formula is C11H12BN3O. The molecule has 1 aromatic rings. The van der Waals surface area contributed by atoms with Crippen molar-refractivity contribution >= 4 is 19.1 Å². The first-order valence-electron chi connectivity index (χ1n) is 5.30. The first-order valence-corrected chi connectivity index (χ1v) is 5.30. The molecule has 2 rings (SSSR count). The zero-order valence-electron chi connectivity index (χ0n) is 8.94. The number of aromatic nitrogens is 1. The number of anilines is 1. The summed E-state index contributed by atoms with van der Waals surface area (Å²) >= 11 is 0. The molecule has 4 nitrogen and oxygen atoms in total. The number of pyridine rings is 1. The quantitative estimate of drug-likeness (QED) is 0.719. The summed E-state index contributed by atoms with van der Waals surface area (Å²) in [5.41, 5.74) is 1.48. The van der Waals surface area contributed by atoms with Crippen LogP contribution in [-0.2, 0) is 4.74 Å². The second kappa shape index (κ2) is 5.00. The van der Waals surface area contributed by atoms with Gasteiger partial charge in [-0.05, 0) is 30.6 Å². The molecule has 1 N–H and O–H groups in total. The van der Waals surface area contributed by atoms with Crippen molar-refractivity contribution in [3.8, 4) is 6.07 Å². The van der Waals surface area contributed by atoms with Gasteiger partial charge in [0.15, 0.2) is 5.69 Å². The van der Waals surface area contributed by atoms with Gasteiger partial charge in [0.2, 0.25) is 0 Å². The number of hydrogen-bond donors (Lipinski definition) is 1. The minimum absolute atomic E-state index is 0.353. The van der Waals surface area contributed by atoms with Gasteiger partial charge in [0, 0.05) is 19.3 Å². The largest absolute Gasteiger partial charge is 0.381 e. The van der Waals surface area contributed by atoms with E-state index in [0.717, 1.165) is 31.7 Å². The number of ether oxygens (including phenoxy) is 1. The molecular weight excluding hydrogens is 201 g/mol. The van der Waals surface area contributed by atoms with E-state index in [1.165, 1.54) is 0 Å². The molecule has 0 bridgehead atoms. The summed E-state index contributed by atoms with van der Waals surface area (Å²) in [5.74, 6) is 0. The minimum atomic E-state index is 0.353. The monoisotopic (exact) mass is 213 g/mol. The molecule has 0 atom stereocenters. The zero-order valence-corrected chi connectivity index (χ0v) is 8.94. The molecule has 1 aliphatic heterocycles. The highest BCUT2D eigenvalue weighted by atomic mass is 16.5. The highest BCUT2D eigenvalue weighted by molar-refractivity contribution is 6.30. The van der Waals surface area contributed by atoms with E-state index in [9.17, 15) is 0 Å². The summed E-state index contributed by atoms with van der Waals surface area (Å²) in [4.78, 5) is 3.98. The average Bonchev–Trinajstić information content (AvgIpc) is 2.33. The van der Waals surface area contributed by atoms with Crippen LogP contribution in [0.1, 0.15) is 18.5 Å². The molecule has 1 saturated heterocycles. The number of rotatable bonds is 2. The van der Waals surface area contributed by atoms with Crippen LogP contribution < -0.4 is 10.9 Å². The van der Waals surface area contributed by atoms with Crippen LogP contribution in [0.4, 0.5) is 5.69 Å². The molecule has 1 fully saturated rings. The fraction of sp³-hybridized carbons (Fsp3) is 0.455. The van der Waals surface area contributed by atoms with Crippen molar-refractivity contribution < 1.29 is 4.74 Å². The Kier molecular flexibility index (Phi) is 3.42. The van der Waals surface area contributed by atoms with Crippen LogP contribution in [0, 0.1) is 11.3 Å². The maximum absolute atomic E-state index is 8.94. The van der Waals surface area contributed by atoms with Crippen LogP contribution in [0.15, 0.2) is 12.1 Å². The molecule has 2 radical (unpaired) electrons. The Balaban J connectivity index is 2.11. The highest BCUT2D eigenvalue weighted by Gasteiger charge is 2.15. The SMILES string of the molecule is [B]c1ccc(NC2CCOCC2)c(C#N)n1. The maximum Gasteiger partial charge on any atom is 0.162 e. The lowest BCUT2D eigenvalue weighted by molar-refractivity contribution is 0.0904. The summed E-state index contributed by atoms with van der Waals surface area (Å²) in [6.45, 7) is 1.53. The Labute approximate surface area is 96.0 Å². The maximum atomic E-state index is 8.94. The predicted molar refractivity (Wildman–Crippen MR) is 61.8 cm³/mol. The van der Waals surface area contributed by atoms with Crippen LogP contribution >= 0.6 is 0 Å². The van der Waals surface area contributed by atoms with Crippen molar-refractivity contribution in [2.75, 3.05) is 18.5 Å². The van der Waals surface area contributed by atoms with E-state index in [1.54, 1.807) is 12.1 Å². The van der Waals surface area contributed by atoms with Crippen LogP contribution in [0.25, 0.3) is 0 Å². The summed E-state index contributed by atoms with van der Waals surface area (Å²) in [6.07, 6.45) is 1.91. The van der Waals surface area contributed by atoms with Gasteiger partial charge in [-0.1, -0.05) is 0 Å². The Morgan fingerprint density at radius 3 is 2.88 bits per heavy atom. The van der Waals surface area contributed by atoms with Crippen molar-refractivity contribution in [3.63, 3.8) is 0 Å². The second-order valence-electron chi connectivity index (χ2n) is 3.78. The lowest BCUT2D eigenvalue weighted by atomic mass is 10.0. The van der Waals surface area contributed by atoms with Gasteiger partial charge >= 0.3 is 0 Å². The summed E-state index contributed by atoms with van der Waals surface area (Å²) < 4.78 is 5.27. The second-order valence-corrected chi connectivity index (χ2v) is 3.78. The molecule has 80 valence electrons. The lowest BCUT2D eigenvalue weighted by Gasteiger charge is -2.24. The molecule has 5 heteroatoms. The van der Waals surface area contributed by atoms with E-state index >= 15 is 0 Å².